The number of nitrogens with zero attached hydrogens (tertiary/aromatic N) is 4. The third-order valence-electron chi connectivity index (χ3n) is 8.28. The average molecular weight is 579 g/mol. The number of fused-ring (bicyclic) bond motifs is 1. The summed E-state index contributed by atoms with van der Waals surface area (Å²) in [7, 11) is 0. The zero-order valence-electron chi connectivity index (χ0n) is 24.9. The molecule has 0 atom stereocenters. The van der Waals surface area contributed by atoms with Crippen LogP contribution in [0.25, 0.3) is 22.2 Å². The minimum Gasteiger partial charge on any atom is -0.491 e. The standard InChI is InChI=1S/C38H34N4O2/c1-27(2)44-32-20-21-34-33(26-32)37(28-22-23-39-35(25-28)41-24-12-19-36(41)43)40-42(34)38(29-13-6-3-7-14-29,30-15-8-4-9-16-30)31-17-10-5-11-18-31/h3-11,13-18,20-23,25-27H,12,19,24H2,1-2H3. The van der Waals surface area contributed by atoms with Crippen LogP contribution in [0.2, 0.25) is 0 Å². The fourth-order valence-corrected chi connectivity index (χ4v) is 6.42. The molecule has 1 saturated heterocycles. The largest absolute Gasteiger partial charge is 0.491 e. The summed E-state index contributed by atoms with van der Waals surface area (Å²) >= 11 is 0. The normalized spacial score (nSPS) is 13.6. The molecule has 1 fully saturated rings. The highest BCUT2D eigenvalue weighted by Gasteiger charge is 2.41. The lowest BCUT2D eigenvalue weighted by atomic mass is 9.77. The first-order chi connectivity index (χ1) is 21.6. The van der Waals surface area contributed by atoms with Crippen molar-refractivity contribution < 1.29 is 9.53 Å². The van der Waals surface area contributed by atoms with E-state index in [-0.39, 0.29) is 12.0 Å². The van der Waals surface area contributed by atoms with Gasteiger partial charge in [0.25, 0.3) is 0 Å². The Balaban J connectivity index is 1.56. The van der Waals surface area contributed by atoms with E-state index in [4.69, 9.17) is 9.84 Å². The van der Waals surface area contributed by atoms with E-state index in [1.807, 2.05) is 50.2 Å². The van der Waals surface area contributed by atoms with Crippen molar-refractivity contribution >= 4 is 22.6 Å². The molecule has 0 bridgehead atoms. The molecule has 0 spiro atoms. The molecule has 1 amide bonds. The van der Waals surface area contributed by atoms with Gasteiger partial charge in [-0.3, -0.25) is 9.69 Å². The van der Waals surface area contributed by atoms with Crippen molar-refractivity contribution in [3.05, 3.63) is 144 Å². The quantitative estimate of drug-likeness (QED) is 0.173. The van der Waals surface area contributed by atoms with Crippen LogP contribution in [0.5, 0.6) is 5.75 Å². The Morgan fingerprint density at radius 2 is 1.39 bits per heavy atom. The van der Waals surface area contributed by atoms with Crippen molar-refractivity contribution in [2.45, 2.75) is 38.3 Å². The van der Waals surface area contributed by atoms with Gasteiger partial charge in [-0.05, 0) is 67.3 Å². The van der Waals surface area contributed by atoms with Crippen molar-refractivity contribution in [3.8, 4) is 17.0 Å². The minimum absolute atomic E-state index is 0.0247. The van der Waals surface area contributed by atoms with Gasteiger partial charge in [-0.15, -0.1) is 0 Å². The van der Waals surface area contributed by atoms with E-state index in [9.17, 15) is 4.79 Å². The Hall–Kier alpha value is -5.23. The van der Waals surface area contributed by atoms with Gasteiger partial charge in [0.15, 0.2) is 0 Å². The molecule has 0 unspecified atom stereocenters. The number of ether oxygens (including phenoxy) is 1. The molecule has 0 aliphatic carbocycles. The van der Waals surface area contributed by atoms with Crippen molar-refractivity contribution in [1.29, 1.82) is 0 Å². The molecule has 218 valence electrons. The molecule has 1 aliphatic rings. The SMILES string of the molecule is CC(C)Oc1ccc2c(c1)c(-c1ccnc(N3CCCC3=O)c1)nn2C(c1ccccc1)(c1ccccc1)c1ccccc1. The molecule has 6 heteroatoms. The first kappa shape index (κ1) is 27.6. The number of carbonyl (C=O) groups excluding carboxylic acids is 1. The predicted octanol–water partition coefficient (Wildman–Crippen LogP) is 7.85. The van der Waals surface area contributed by atoms with E-state index in [0.717, 1.165) is 51.0 Å². The van der Waals surface area contributed by atoms with Gasteiger partial charge in [0.05, 0.1) is 11.6 Å². The Labute approximate surface area is 257 Å². The molecule has 0 saturated carbocycles. The van der Waals surface area contributed by atoms with Crippen LogP contribution in [0.4, 0.5) is 5.82 Å². The molecular weight excluding hydrogens is 544 g/mol. The van der Waals surface area contributed by atoms with E-state index in [2.05, 4.69) is 94.6 Å². The molecule has 4 aromatic carbocycles. The number of amides is 1. The fourth-order valence-electron chi connectivity index (χ4n) is 6.42. The minimum atomic E-state index is -0.790. The van der Waals surface area contributed by atoms with Crippen LogP contribution in [0.3, 0.4) is 0 Å². The number of aromatic nitrogens is 3. The maximum Gasteiger partial charge on any atom is 0.228 e. The third kappa shape index (κ3) is 4.73. The lowest BCUT2D eigenvalue weighted by molar-refractivity contribution is -0.117. The maximum absolute atomic E-state index is 12.6. The first-order valence-corrected chi connectivity index (χ1v) is 15.2. The number of rotatable bonds is 8. The van der Waals surface area contributed by atoms with Gasteiger partial charge >= 0.3 is 0 Å². The maximum atomic E-state index is 12.6. The molecule has 3 heterocycles. The van der Waals surface area contributed by atoms with Gasteiger partial charge in [0.1, 0.15) is 22.8 Å². The molecule has 1 aliphatic heterocycles. The highest BCUT2D eigenvalue weighted by atomic mass is 16.5. The second kappa shape index (κ2) is 11.5. The van der Waals surface area contributed by atoms with Crippen molar-refractivity contribution in [2.75, 3.05) is 11.4 Å². The van der Waals surface area contributed by atoms with Gasteiger partial charge in [0, 0.05) is 30.1 Å². The van der Waals surface area contributed by atoms with E-state index in [1.165, 1.54) is 0 Å². The number of benzene rings is 4. The predicted molar refractivity (Wildman–Crippen MR) is 175 cm³/mol. The number of hydrogen-bond acceptors (Lipinski definition) is 4. The van der Waals surface area contributed by atoms with Gasteiger partial charge in [-0.25, -0.2) is 9.67 Å². The topological polar surface area (TPSA) is 60.2 Å². The molecule has 6 aromatic rings. The average Bonchev–Trinajstić information content (AvgIpc) is 3.66. The molecular formula is C38H34N4O2. The van der Waals surface area contributed by atoms with Gasteiger partial charge < -0.3 is 4.74 Å². The zero-order valence-corrected chi connectivity index (χ0v) is 24.9. The number of hydrogen-bond donors (Lipinski definition) is 0. The summed E-state index contributed by atoms with van der Waals surface area (Å²) in [6.07, 6.45) is 3.18. The molecule has 0 radical (unpaired) electrons. The van der Waals surface area contributed by atoms with Crippen LogP contribution >= 0.6 is 0 Å². The van der Waals surface area contributed by atoms with Crippen LogP contribution in [0.15, 0.2) is 128 Å². The van der Waals surface area contributed by atoms with E-state index < -0.39 is 5.54 Å². The van der Waals surface area contributed by atoms with Gasteiger partial charge in [-0.1, -0.05) is 91.0 Å². The van der Waals surface area contributed by atoms with Crippen molar-refractivity contribution in [1.82, 2.24) is 14.8 Å². The Bertz CT molecular complexity index is 1820. The number of pyridine rings is 1. The molecule has 6 nitrogen and oxygen atoms in total. The first-order valence-electron chi connectivity index (χ1n) is 15.2. The number of carbonyl (C=O) groups is 1. The summed E-state index contributed by atoms with van der Waals surface area (Å²) in [5, 5.41) is 6.46. The van der Waals surface area contributed by atoms with Crippen molar-refractivity contribution in [2.24, 2.45) is 0 Å². The smallest absolute Gasteiger partial charge is 0.228 e. The second-order valence-electron chi connectivity index (χ2n) is 11.5. The van der Waals surface area contributed by atoms with Crippen molar-refractivity contribution in [3.63, 3.8) is 0 Å². The summed E-state index contributed by atoms with van der Waals surface area (Å²) in [6, 6.07) is 41.9. The second-order valence-corrected chi connectivity index (χ2v) is 11.5. The Morgan fingerprint density at radius 1 is 0.773 bits per heavy atom. The summed E-state index contributed by atoms with van der Waals surface area (Å²) in [5.74, 6) is 1.54. The summed E-state index contributed by atoms with van der Waals surface area (Å²) in [4.78, 5) is 19.0. The van der Waals surface area contributed by atoms with E-state index >= 15 is 0 Å². The molecule has 0 N–H and O–H groups in total. The van der Waals surface area contributed by atoms with Crippen LogP contribution in [-0.2, 0) is 10.3 Å². The molecule has 2 aromatic heterocycles. The summed E-state index contributed by atoms with van der Waals surface area (Å²) in [6.45, 7) is 4.74. The Kier molecular flexibility index (Phi) is 7.18. The highest BCUT2D eigenvalue weighted by Crippen LogP contribution is 2.44. The zero-order chi connectivity index (χ0) is 30.1. The van der Waals surface area contributed by atoms with Crippen LogP contribution < -0.4 is 9.64 Å². The lowest BCUT2D eigenvalue weighted by Gasteiger charge is -2.37. The molecule has 44 heavy (non-hydrogen) atoms. The van der Waals surface area contributed by atoms with Crippen LogP contribution in [-0.4, -0.2) is 33.3 Å². The summed E-state index contributed by atoms with van der Waals surface area (Å²) < 4.78 is 8.34. The molecule has 7 rings (SSSR count). The highest BCUT2D eigenvalue weighted by molar-refractivity contribution is 5.97. The van der Waals surface area contributed by atoms with Crippen LogP contribution in [0, 0.1) is 0 Å². The van der Waals surface area contributed by atoms with E-state index in [1.54, 1.807) is 11.1 Å². The number of anilines is 1. The van der Waals surface area contributed by atoms with Gasteiger partial charge in [-0.2, -0.15) is 5.10 Å². The Morgan fingerprint density at radius 3 is 1.93 bits per heavy atom. The van der Waals surface area contributed by atoms with Gasteiger partial charge in [0.2, 0.25) is 5.91 Å². The van der Waals surface area contributed by atoms with Crippen LogP contribution in [0.1, 0.15) is 43.4 Å². The van der Waals surface area contributed by atoms with E-state index in [0.29, 0.717) is 18.8 Å². The third-order valence-corrected chi connectivity index (χ3v) is 8.28. The summed E-state index contributed by atoms with van der Waals surface area (Å²) in [5.41, 5.74) is 5.14. The lowest BCUT2D eigenvalue weighted by Crippen LogP contribution is -2.38. The fraction of sp³-hybridized carbons (Fsp3) is 0.184. The monoisotopic (exact) mass is 578 g/mol.